The minimum absolute atomic E-state index is 0.00801. The molecule has 0 spiro atoms. The summed E-state index contributed by atoms with van der Waals surface area (Å²) in [6, 6.07) is 6.89. The van der Waals surface area contributed by atoms with Gasteiger partial charge in [-0.25, -0.2) is 10.4 Å². The zero-order valence-electron chi connectivity index (χ0n) is 15.3. The fourth-order valence-corrected chi connectivity index (χ4v) is 3.25. The van der Waals surface area contributed by atoms with Crippen molar-refractivity contribution in [1.29, 1.82) is 0 Å². The van der Waals surface area contributed by atoms with Crippen molar-refractivity contribution in [2.24, 2.45) is 5.10 Å². The van der Waals surface area contributed by atoms with E-state index in [0.717, 1.165) is 5.56 Å². The number of hydrogen-bond acceptors (Lipinski definition) is 10. The highest BCUT2D eigenvalue weighted by molar-refractivity contribution is 6.30. The average molecular weight is 436 g/mol. The fourth-order valence-electron chi connectivity index (χ4n) is 3.13. The number of halogens is 1. The molecule has 1 aliphatic rings. The number of nitrogens with one attached hydrogen (secondary N) is 2. The third kappa shape index (κ3) is 3.62. The van der Waals surface area contributed by atoms with Crippen molar-refractivity contribution >= 4 is 40.9 Å². The Morgan fingerprint density at radius 3 is 2.70 bits per heavy atom. The maximum atomic E-state index is 12.3. The predicted octanol–water partition coefficient (Wildman–Crippen LogP) is -0.587. The van der Waals surface area contributed by atoms with Crippen LogP contribution in [0, 0.1) is 0 Å². The van der Waals surface area contributed by atoms with E-state index in [4.69, 9.17) is 22.1 Å². The van der Waals surface area contributed by atoms with Crippen molar-refractivity contribution < 1.29 is 20.1 Å². The number of aromatic amines is 1. The van der Waals surface area contributed by atoms with Gasteiger partial charge >= 0.3 is 0 Å². The van der Waals surface area contributed by atoms with Gasteiger partial charge in [0.1, 0.15) is 18.3 Å². The number of imidazole rings is 1. The van der Waals surface area contributed by atoms with Crippen LogP contribution in [-0.2, 0) is 4.74 Å². The van der Waals surface area contributed by atoms with E-state index in [9.17, 15) is 20.1 Å². The first-order valence-electron chi connectivity index (χ1n) is 8.84. The predicted molar refractivity (Wildman–Crippen MR) is 108 cm³/mol. The van der Waals surface area contributed by atoms with Gasteiger partial charge in [0, 0.05) is 5.02 Å². The molecule has 4 rings (SSSR count). The number of nitrogen functional groups attached to an aromatic ring is 1. The van der Waals surface area contributed by atoms with Gasteiger partial charge in [0.15, 0.2) is 17.4 Å². The van der Waals surface area contributed by atoms with E-state index in [-0.39, 0.29) is 23.1 Å². The number of aliphatic hydroxyl groups excluding tert-OH is 3. The normalized spacial score (nSPS) is 24.1. The first-order chi connectivity index (χ1) is 14.4. The van der Waals surface area contributed by atoms with Gasteiger partial charge in [0.25, 0.3) is 5.56 Å². The molecule has 4 atom stereocenters. The molecule has 1 fully saturated rings. The Kier molecular flexibility index (Phi) is 5.40. The van der Waals surface area contributed by atoms with E-state index in [2.05, 4.69) is 25.5 Å². The summed E-state index contributed by atoms with van der Waals surface area (Å²) in [7, 11) is 0. The number of nitrogens with two attached hydrogens (primary N) is 1. The number of anilines is 2. The zero-order chi connectivity index (χ0) is 21.4. The van der Waals surface area contributed by atoms with Gasteiger partial charge in [-0.1, -0.05) is 23.7 Å². The van der Waals surface area contributed by atoms with Gasteiger partial charge in [-0.2, -0.15) is 10.1 Å². The van der Waals surface area contributed by atoms with Crippen molar-refractivity contribution in [3.8, 4) is 0 Å². The molecule has 158 valence electrons. The van der Waals surface area contributed by atoms with Crippen LogP contribution >= 0.6 is 11.6 Å². The first kappa shape index (κ1) is 20.3. The van der Waals surface area contributed by atoms with Crippen LogP contribution in [0.2, 0.25) is 5.02 Å². The molecule has 3 heterocycles. The zero-order valence-corrected chi connectivity index (χ0v) is 16.1. The Balaban J connectivity index is 1.75. The van der Waals surface area contributed by atoms with E-state index in [1.165, 1.54) is 10.8 Å². The van der Waals surface area contributed by atoms with Gasteiger partial charge < -0.3 is 25.8 Å². The number of H-pyrrole nitrogens is 1. The van der Waals surface area contributed by atoms with Gasteiger partial charge in [-0.3, -0.25) is 14.3 Å². The molecule has 1 aromatic carbocycles. The summed E-state index contributed by atoms with van der Waals surface area (Å²) < 4.78 is 6.81. The number of ether oxygens (including phenoxy) is 1. The maximum Gasteiger partial charge on any atom is 0.280 e. The highest BCUT2D eigenvalue weighted by Crippen LogP contribution is 2.33. The van der Waals surface area contributed by atoms with Crippen LogP contribution in [0.15, 0.2) is 34.2 Å². The van der Waals surface area contributed by atoms with Crippen LogP contribution in [0.5, 0.6) is 0 Å². The van der Waals surface area contributed by atoms with Gasteiger partial charge in [0.05, 0.1) is 12.8 Å². The molecule has 3 aromatic rings. The van der Waals surface area contributed by atoms with Gasteiger partial charge in [-0.15, -0.1) is 0 Å². The smallest absolute Gasteiger partial charge is 0.280 e. The second-order valence-corrected chi connectivity index (χ2v) is 7.02. The van der Waals surface area contributed by atoms with Crippen LogP contribution in [0.1, 0.15) is 11.8 Å². The fraction of sp³-hybridized carbons (Fsp3) is 0.294. The third-order valence-corrected chi connectivity index (χ3v) is 4.84. The average Bonchev–Trinajstić information content (AvgIpc) is 3.21. The number of fused-ring (bicyclic) bond motifs is 1. The van der Waals surface area contributed by atoms with E-state index in [1.54, 1.807) is 24.3 Å². The molecule has 1 aliphatic heterocycles. The molecule has 1 saturated heterocycles. The van der Waals surface area contributed by atoms with Gasteiger partial charge in [-0.05, 0) is 17.7 Å². The van der Waals surface area contributed by atoms with Crippen molar-refractivity contribution in [2.75, 3.05) is 17.8 Å². The Morgan fingerprint density at radius 1 is 1.30 bits per heavy atom. The topological polar surface area (TPSA) is 184 Å². The van der Waals surface area contributed by atoms with Crippen molar-refractivity contribution in [1.82, 2.24) is 19.5 Å². The Bertz CT molecular complexity index is 1150. The second-order valence-electron chi connectivity index (χ2n) is 6.58. The quantitative estimate of drug-likeness (QED) is 0.225. The highest BCUT2D eigenvalue weighted by atomic mass is 35.5. The molecule has 2 aromatic heterocycles. The lowest BCUT2D eigenvalue weighted by atomic mass is 10.1. The minimum atomic E-state index is -1.43. The minimum Gasteiger partial charge on any atom is -0.394 e. The number of aromatic nitrogens is 4. The molecule has 0 unspecified atom stereocenters. The van der Waals surface area contributed by atoms with E-state index >= 15 is 0 Å². The van der Waals surface area contributed by atoms with E-state index in [1.807, 2.05) is 0 Å². The van der Waals surface area contributed by atoms with Crippen molar-refractivity contribution in [3.63, 3.8) is 0 Å². The monoisotopic (exact) mass is 435 g/mol. The maximum absolute atomic E-state index is 12.3. The summed E-state index contributed by atoms with van der Waals surface area (Å²) >= 11 is 5.86. The number of nitrogens with zero attached hydrogens (tertiary/aromatic N) is 4. The standard InChI is InChI=1S/C17H18ClN7O5/c18-8-3-1-7(2-4-8)5-20-24-17-21-10-13(22-16(19)23-14(10)29)25(17)15-12(28)11(27)9(6-26)30-15/h1-5,9,11-12,15,26-28H,6H2,(H,21,24)(H3,19,22,23,29)/b20-5-/t9-,11+,12+,15-/m0/s1. The van der Waals surface area contributed by atoms with Crippen LogP contribution in [0.4, 0.5) is 11.9 Å². The number of aliphatic hydroxyl groups is 3. The van der Waals surface area contributed by atoms with Crippen LogP contribution in [0.3, 0.4) is 0 Å². The Labute approximate surface area is 173 Å². The highest BCUT2D eigenvalue weighted by Gasteiger charge is 2.45. The summed E-state index contributed by atoms with van der Waals surface area (Å²) in [4.78, 5) is 22.8. The first-order valence-corrected chi connectivity index (χ1v) is 9.21. The van der Waals surface area contributed by atoms with Crippen LogP contribution in [0.25, 0.3) is 11.2 Å². The molecule has 13 heteroatoms. The molecule has 0 bridgehead atoms. The van der Waals surface area contributed by atoms with Crippen LogP contribution in [-0.4, -0.2) is 66.0 Å². The molecule has 0 saturated carbocycles. The lowest BCUT2D eigenvalue weighted by Crippen LogP contribution is -2.33. The Hall–Kier alpha value is -3.03. The van der Waals surface area contributed by atoms with Gasteiger partial charge in [0.2, 0.25) is 11.9 Å². The summed E-state index contributed by atoms with van der Waals surface area (Å²) in [6.45, 7) is -0.519. The van der Waals surface area contributed by atoms with E-state index < -0.39 is 36.7 Å². The number of hydrogen-bond donors (Lipinski definition) is 6. The number of hydrazone groups is 1. The molecular weight excluding hydrogens is 418 g/mol. The number of rotatable bonds is 5. The molecule has 30 heavy (non-hydrogen) atoms. The molecule has 0 aliphatic carbocycles. The number of benzene rings is 1. The van der Waals surface area contributed by atoms with E-state index in [0.29, 0.717) is 5.02 Å². The lowest BCUT2D eigenvalue weighted by Gasteiger charge is -2.18. The molecule has 12 nitrogen and oxygen atoms in total. The molecule has 7 N–H and O–H groups in total. The molecule has 0 radical (unpaired) electrons. The van der Waals surface area contributed by atoms with Crippen molar-refractivity contribution in [2.45, 2.75) is 24.5 Å². The van der Waals surface area contributed by atoms with Crippen molar-refractivity contribution in [3.05, 3.63) is 45.2 Å². The van der Waals surface area contributed by atoms with Crippen LogP contribution < -0.4 is 16.7 Å². The summed E-state index contributed by atoms with van der Waals surface area (Å²) in [6.07, 6.45) is -3.54. The molecule has 0 amide bonds. The SMILES string of the molecule is Nc1nc2c(nc(N/N=C\c3ccc(Cl)cc3)n2[C@H]2O[C@@H](CO)[C@@H](O)[C@H]2O)c(=O)[nH]1. The summed E-state index contributed by atoms with van der Waals surface area (Å²) in [5, 5.41) is 34.6. The second kappa shape index (κ2) is 8.01. The summed E-state index contributed by atoms with van der Waals surface area (Å²) in [5.41, 5.74) is 8.39. The lowest BCUT2D eigenvalue weighted by molar-refractivity contribution is -0.0501. The third-order valence-electron chi connectivity index (χ3n) is 4.59. The Morgan fingerprint density at radius 2 is 2.03 bits per heavy atom. The molecular formula is C17H18ClN7O5. The summed E-state index contributed by atoms with van der Waals surface area (Å²) in [5.74, 6) is -0.162. The largest absolute Gasteiger partial charge is 0.394 e.